The molecule has 1 unspecified atom stereocenters. The SMILES string of the molecule is COCCN(CC1Cc2c(c(F)cc3nc(-c4cc(C)cc5nc(OC)cnc45)sc23)O1)C(=O)O. The second kappa shape index (κ2) is 9.23. The van der Waals surface area contributed by atoms with Crippen molar-refractivity contribution in [1.82, 2.24) is 19.9 Å². The van der Waals surface area contributed by atoms with E-state index in [1.165, 1.54) is 36.5 Å². The highest BCUT2D eigenvalue weighted by molar-refractivity contribution is 7.22. The molecule has 11 heteroatoms. The van der Waals surface area contributed by atoms with Crippen molar-refractivity contribution in [2.24, 2.45) is 0 Å². The molecule has 1 atom stereocenters. The van der Waals surface area contributed by atoms with E-state index in [4.69, 9.17) is 19.2 Å². The maximum Gasteiger partial charge on any atom is 0.407 e. The zero-order valence-electron chi connectivity index (χ0n) is 19.4. The van der Waals surface area contributed by atoms with Gasteiger partial charge in [-0.25, -0.2) is 24.1 Å². The number of thiazole rings is 1. The number of halogens is 1. The molecule has 0 aliphatic carbocycles. The Hall–Kier alpha value is -3.57. The predicted molar refractivity (Wildman–Crippen MR) is 129 cm³/mol. The lowest BCUT2D eigenvalue weighted by molar-refractivity contribution is 0.0937. The van der Waals surface area contributed by atoms with Gasteiger partial charge in [0, 0.05) is 37.3 Å². The highest BCUT2D eigenvalue weighted by Gasteiger charge is 2.32. The lowest BCUT2D eigenvalue weighted by atomic mass is 10.1. The second-order valence-electron chi connectivity index (χ2n) is 8.29. The van der Waals surface area contributed by atoms with E-state index in [9.17, 15) is 14.3 Å². The fourth-order valence-corrected chi connectivity index (χ4v) is 5.38. The van der Waals surface area contributed by atoms with Crippen LogP contribution in [-0.4, -0.2) is 71.1 Å². The largest absolute Gasteiger partial charge is 0.485 e. The molecule has 1 aliphatic heterocycles. The molecular formula is C24H23FN4O5S. The van der Waals surface area contributed by atoms with Crippen molar-refractivity contribution in [2.75, 3.05) is 33.9 Å². The molecule has 0 saturated heterocycles. The molecule has 9 nitrogen and oxygen atoms in total. The summed E-state index contributed by atoms with van der Waals surface area (Å²) in [6.45, 7) is 2.55. The average Bonchev–Trinajstić information content (AvgIpc) is 3.45. The van der Waals surface area contributed by atoms with Crippen molar-refractivity contribution in [3.05, 3.63) is 41.3 Å². The van der Waals surface area contributed by atoms with E-state index < -0.39 is 18.0 Å². The Balaban J connectivity index is 1.52. The summed E-state index contributed by atoms with van der Waals surface area (Å²) in [5.41, 5.74) is 4.38. The molecule has 3 heterocycles. The minimum Gasteiger partial charge on any atom is -0.485 e. The van der Waals surface area contributed by atoms with Gasteiger partial charge in [-0.05, 0) is 24.6 Å². The number of benzene rings is 2. The van der Waals surface area contributed by atoms with Crippen LogP contribution in [0.5, 0.6) is 11.6 Å². The van der Waals surface area contributed by atoms with E-state index in [1.54, 1.807) is 6.20 Å². The van der Waals surface area contributed by atoms with Crippen molar-refractivity contribution in [3.63, 3.8) is 0 Å². The molecule has 182 valence electrons. The number of nitrogens with zero attached hydrogens (tertiary/aromatic N) is 4. The van der Waals surface area contributed by atoms with E-state index in [-0.39, 0.29) is 25.4 Å². The number of aryl methyl sites for hydroxylation is 1. The summed E-state index contributed by atoms with van der Waals surface area (Å²) in [6.07, 6.45) is 0.369. The fraction of sp³-hybridized carbons (Fsp3) is 0.333. The number of carboxylic acid groups (broad SMARTS) is 1. The van der Waals surface area contributed by atoms with Crippen LogP contribution in [0.15, 0.2) is 24.4 Å². The fourth-order valence-electron chi connectivity index (χ4n) is 4.27. The molecule has 0 spiro atoms. The van der Waals surface area contributed by atoms with E-state index in [0.29, 0.717) is 39.4 Å². The molecule has 4 aromatic rings. The van der Waals surface area contributed by atoms with Gasteiger partial charge < -0.3 is 24.2 Å². The topological polar surface area (TPSA) is 107 Å². The molecule has 35 heavy (non-hydrogen) atoms. The van der Waals surface area contributed by atoms with Crippen molar-refractivity contribution in [2.45, 2.75) is 19.4 Å². The van der Waals surface area contributed by atoms with E-state index in [1.807, 2.05) is 19.1 Å². The lowest BCUT2D eigenvalue weighted by Crippen LogP contribution is -2.40. The first-order valence-corrected chi connectivity index (χ1v) is 11.8. The van der Waals surface area contributed by atoms with Gasteiger partial charge in [-0.3, -0.25) is 0 Å². The Kier molecular flexibility index (Phi) is 6.12. The number of aromatic nitrogens is 3. The third kappa shape index (κ3) is 4.32. The third-order valence-electron chi connectivity index (χ3n) is 5.87. The summed E-state index contributed by atoms with van der Waals surface area (Å²) in [6, 6.07) is 5.27. The van der Waals surface area contributed by atoms with Crippen LogP contribution in [0.25, 0.3) is 31.8 Å². The standard InChI is InChI=1S/C24H23FN4O5S/c1-12-6-14(20-17(7-12)27-19(33-3)10-26-20)23-28-18-9-16(25)21-15(22(18)35-23)8-13(34-21)11-29(24(30)31)4-5-32-2/h6-7,9-10,13H,4-5,8,11H2,1-3H3,(H,30,31). The highest BCUT2D eigenvalue weighted by atomic mass is 32.1. The normalized spacial score (nSPS) is 14.8. The number of hydrogen-bond donors (Lipinski definition) is 1. The minimum atomic E-state index is -1.07. The van der Waals surface area contributed by atoms with Crippen molar-refractivity contribution < 1.29 is 28.5 Å². The van der Waals surface area contributed by atoms with Crippen LogP contribution in [-0.2, 0) is 11.2 Å². The van der Waals surface area contributed by atoms with Crippen LogP contribution in [0.3, 0.4) is 0 Å². The third-order valence-corrected chi connectivity index (χ3v) is 7.03. The van der Waals surface area contributed by atoms with Crippen LogP contribution in [0.2, 0.25) is 0 Å². The number of hydrogen-bond acceptors (Lipinski definition) is 8. The number of rotatable bonds is 7. The maximum absolute atomic E-state index is 15.0. The number of amides is 1. The Labute approximate surface area is 204 Å². The molecule has 2 aromatic carbocycles. The number of carbonyl (C=O) groups is 1. The Morgan fingerprint density at radius 3 is 2.86 bits per heavy atom. The van der Waals surface area contributed by atoms with Crippen LogP contribution in [0, 0.1) is 12.7 Å². The van der Waals surface area contributed by atoms with Crippen molar-refractivity contribution in [3.8, 4) is 22.2 Å². The minimum absolute atomic E-state index is 0.111. The average molecular weight is 499 g/mol. The summed E-state index contributed by atoms with van der Waals surface area (Å²) >= 11 is 1.43. The van der Waals surface area contributed by atoms with E-state index >= 15 is 0 Å². The van der Waals surface area contributed by atoms with Gasteiger partial charge in [0.15, 0.2) is 11.6 Å². The molecule has 1 aliphatic rings. The Bertz CT molecular complexity index is 1440. The Morgan fingerprint density at radius 2 is 2.11 bits per heavy atom. The van der Waals surface area contributed by atoms with Gasteiger partial charge in [-0.1, -0.05) is 0 Å². The van der Waals surface area contributed by atoms with Gasteiger partial charge >= 0.3 is 6.09 Å². The lowest BCUT2D eigenvalue weighted by Gasteiger charge is -2.22. The number of methoxy groups -OCH3 is 2. The van der Waals surface area contributed by atoms with Crippen LogP contribution in [0.1, 0.15) is 11.1 Å². The van der Waals surface area contributed by atoms with Gasteiger partial charge in [-0.2, -0.15) is 0 Å². The predicted octanol–water partition coefficient (Wildman–Crippen LogP) is 4.29. The molecule has 1 N–H and O–H groups in total. The van der Waals surface area contributed by atoms with Gasteiger partial charge in [0.2, 0.25) is 5.88 Å². The molecule has 0 saturated carbocycles. The van der Waals surface area contributed by atoms with Crippen molar-refractivity contribution in [1.29, 1.82) is 0 Å². The number of fused-ring (bicyclic) bond motifs is 4. The second-order valence-corrected chi connectivity index (χ2v) is 9.29. The van der Waals surface area contributed by atoms with Crippen LogP contribution < -0.4 is 9.47 Å². The van der Waals surface area contributed by atoms with Crippen LogP contribution in [0.4, 0.5) is 9.18 Å². The molecule has 0 fully saturated rings. The van der Waals surface area contributed by atoms with E-state index in [2.05, 4.69) is 9.97 Å². The van der Waals surface area contributed by atoms with Gasteiger partial charge in [0.05, 0.1) is 47.7 Å². The Morgan fingerprint density at radius 1 is 1.29 bits per heavy atom. The van der Waals surface area contributed by atoms with Crippen LogP contribution >= 0.6 is 11.3 Å². The highest BCUT2D eigenvalue weighted by Crippen LogP contribution is 2.43. The summed E-state index contributed by atoms with van der Waals surface area (Å²) < 4.78 is 31.8. The zero-order valence-corrected chi connectivity index (χ0v) is 20.2. The summed E-state index contributed by atoms with van der Waals surface area (Å²) in [5, 5.41) is 10.2. The molecule has 1 amide bonds. The molecular weight excluding hydrogens is 475 g/mol. The molecule has 0 radical (unpaired) electrons. The van der Waals surface area contributed by atoms with Gasteiger partial charge in [-0.15, -0.1) is 11.3 Å². The van der Waals surface area contributed by atoms with Crippen molar-refractivity contribution >= 4 is 38.7 Å². The summed E-state index contributed by atoms with van der Waals surface area (Å²) in [7, 11) is 3.05. The molecule has 0 bridgehead atoms. The molecule has 2 aromatic heterocycles. The zero-order chi connectivity index (χ0) is 24.7. The first kappa shape index (κ1) is 23.2. The van der Waals surface area contributed by atoms with Gasteiger partial charge in [0.25, 0.3) is 0 Å². The number of ether oxygens (including phenoxy) is 3. The summed E-state index contributed by atoms with van der Waals surface area (Å²) in [5.74, 6) is 0.0694. The summed E-state index contributed by atoms with van der Waals surface area (Å²) in [4.78, 5) is 26.5. The monoisotopic (exact) mass is 498 g/mol. The first-order chi connectivity index (χ1) is 16.9. The quantitative estimate of drug-likeness (QED) is 0.402. The smallest absolute Gasteiger partial charge is 0.407 e. The van der Waals surface area contributed by atoms with E-state index in [0.717, 1.165) is 15.8 Å². The molecule has 5 rings (SSSR count). The van der Waals surface area contributed by atoms with Gasteiger partial charge in [0.1, 0.15) is 11.1 Å². The first-order valence-electron chi connectivity index (χ1n) is 10.9. The maximum atomic E-state index is 15.0.